The summed E-state index contributed by atoms with van der Waals surface area (Å²) in [5.41, 5.74) is 2.27. The molecule has 0 spiro atoms. The molecule has 2 heterocycles. The molecule has 8 heteroatoms. The van der Waals surface area contributed by atoms with Gasteiger partial charge in [-0.2, -0.15) is 0 Å². The van der Waals surface area contributed by atoms with Crippen molar-refractivity contribution in [2.45, 2.75) is 31.3 Å². The number of methoxy groups -OCH3 is 1. The molecule has 0 bridgehead atoms. The SMILES string of the molecule is COc1ccc(C2(O)CCC(=CC(=O)Nc3ccc4[nH]c(=O)oc4c3)CC2)cn1. The molecule has 29 heavy (non-hydrogen) atoms. The number of aromatic amines is 1. The predicted molar refractivity (Wildman–Crippen MR) is 107 cm³/mol. The van der Waals surface area contributed by atoms with Gasteiger partial charge in [-0.3, -0.25) is 9.78 Å². The van der Waals surface area contributed by atoms with Gasteiger partial charge in [-0.1, -0.05) is 5.57 Å². The summed E-state index contributed by atoms with van der Waals surface area (Å²) in [6.07, 6.45) is 5.46. The van der Waals surface area contributed by atoms with Crippen LogP contribution in [0.1, 0.15) is 31.2 Å². The van der Waals surface area contributed by atoms with Gasteiger partial charge in [0.15, 0.2) is 5.58 Å². The maximum atomic E-state index is 12.3. The van der Waals surface area contributed by atoms with Gasteiger partial charge in [0.25, 0.3) is 0 Å². The standard InChI is InChI=1S/C21H21N3O5/c1-28-19-5-2-14(12-22-19)21(27)8-6-13(7-9-21)10-18(25)23-15-3-4-16-17(11-15)29-20(26)24-16/h2-5,10-12,27H,6-9H2,1H3,(H,23,25)(H,24,26). The highest BCUT2D eigenvalue weighted by Gasteiger charge is 2.33. The summed E-state index contributed by atoms with van der Waals surface area (Å²) in [6, 6.07) is 8.52. The maximum absolute atomic E-state index is 12.3. The summed E-state index contributed by atoms with van der Waals surface area (Å²) in [5, 5.41) is 13.7. The quantitative estimate of drug-likeness (QED) is 0.585. The van der Waals surface area contributed by atoms with Crippen LogP contribution in [0.3, 0.4) is 0 Å². The third-order valence-electron chi connectivity index (χ3n) is 5.23. The van der Waals surface area contributed by atoms with Crippen LogP contribution in [0.25, 0.3) is 11.1 Å². The van der Waals surface area contributed by atoms with Gasteiger partial charge in [0.1, 0.15) is 0 Å². The number of pyridine rings is 1. The van der Waals surface area contributed by atoms with Crippen molar-refractivity contribution in [3.63, 3.8) is 0 Å². The Morgan fingerprint density at radius 2 is 2.10 bits per heavy atom. The summed E-state index contributed by atoms with van der Waals surface area (Å²) in [7, 11) is 1.55. The van der Waals surface area contributed by atoms with Gasteiger partial charge in [-0.05, 0) is 43.9 Å². The van der Waals surface area contributed by atoms with E-state index < -0.39 is 11.4 Å². The third kappa shape index (κ3) is 4.07. The molecule has 0 aliphatic heterocycles. The number of fused-ring (bicyclic) bond motifs is 1. The smallest absolute Gasteiger partial charge is 0.417 e. The van der Waals surface area contributed by atoms with Crippen LogP contribution in [-0.4, -0.2) is 28.1 Å². The number of nitrogens with one attached hydrogen (secondary N) is 2. The van der Waals surface area contributed by atoms with Crippen LogP contribution in [0, 0.1) is 0 Å². The van der Waals surface area contributed by atoms with E-state index in [1.54, 1.807) is 43.6 Å². The van der Waals surface area contributed by atoms with Crippen molar-refractivity contribution >= 4 is 22.7 Å². The first kappa shape index (κ1) is 18.9. The van der Waals surface area contributed by atoms with Crippen molar-refractivity contribution in [3.05, 3.63) is 64.3 Å². The van der Waals surface area contributed by atoms with Crippen LogP contribution in [0.5, 0.6) is 5.88 Å². The maximum Gasteiger partial charge on any atom is 0.417 e. The van der Waals surface area contributed by atoms with E-state index in [-0.39, 0.29) is 5.91 Å². The molecule has 1 aliphatic rings. The first-order chi connectivity index (χ1) is 13.9. The molecule has 0 unspecified atom stereocenters. The third-order valence-corrected chi connectivity index (χ3v) is 5.23. The Morgan fingerprint density at radius 1 is 1.31 bits per heavy atom. The lowest BCUT2D eigenvalue weighted by molar-refractivity contribution is -0.112. The molecule has 2 aromatic heterocycles. The minimum absolute atomic E-state index is 0.256. The number of nitrogens with zero attached hydrogens (tertiary/aromatic N) is 1. The predicted octanol–water partition coefficient (Wildman–Crippen LogP) is 2.85. The van der Waals surface area contributed by atoms with E-state index in [9.17, 15) is 14.7 Å². The lowest BCUT2D eigenvalue weighted by Crippen LogP contribution is -2.29. The molecule has 1 amide bonds. The van der Waals surface area contributed by atoms with Crippen molar-refractivity contribution < 1.29 is 19.1 Å². The normalized spacial score (nSPS) is 19.2. The number of amides is 1. The number of carbonyl (C=O) groups is 1. The summed E-state index contributed by atoms with van der Waals surface area (Å²) < 4.78 is 10.1. The van der Waals surface area contributed by atoms with Crippen LogP contribution in [-0.2, 0) is 10.4 Å². The second-order valence-electron chi connectivity index (χ2n) is 7.14. The summed E-state index contributed by atoms with van der Waals surface area (Å²) >= 11 is 0. The van der Waals surface area contributed by atoms with Gasteiger partial charge in [0, 0.05) is 35.7 Å². The molecule has 1 saturated carbocycles. The molecule has 150 valence electrons. The average molecular weight is 395 g/mol. The number of aromatic nitrogens is 2. The van der Waals surface area contributed by atoms with E-state index in [0.29, 0.717) is 48.4 Å². The zero-order valence-electron chi connectivity index (χ0n) is 15.9. The Hall–Kier alpha value is -3.39. The molecule has 4 rings (SSSR count). The zero-order chi connectivity index (χ0) is 20.4. The summed E-state index contributed by atoms with van der Waals surface area (Å²) in [5.74, 6) is -0.288. The molecule has 8 nitrogen and oxygen atoms in total. The van der Waals surface area contributed by atoms with Crippen LogP contribution in [0.4, 0.5) is 5.69 Å². The molecule has 1 fully saturated rings. The number of rotatable bonds is 4. The van der Waals surface area contributed by atoms with Gasteiger partial charge < -0.3 is 19.6 Å². The van der Waals surface area contributed by atoms with Gasteiger partial charge in [0.2, 0.25) is 11.8 Å². The molecule has 0 radical (unpaired) electrons. The second kappa shape index (κ2) is 7.56. The lowest BCUT2D eigenvalue weighted by Gasteiger charge is -2.33. The second-order valence-corrected chi connectivity index (χ2v) is 7.14. The number of benzene rings is 1. The van der Waals surface area contributed by atoms with Crippen molar-refractivity contribution in [2.75, 3.05) is 12.4 Å². The van der Waals surface area contributed by atoms with Gasteiger partial charge >= 0.3 is 5.76 Å². The molecule has 3 aromatic rings. The highest BCUT2D eigenvalue weighted by Crippen LogP contribution is 2.39. The first-order valence-electron chi connectivity index (χ1n) is 9.31. The molecule has 3 N–H and O–H groups in total. The Labute approximate surface area is 166 Å². The van der Waals surface area contributed by atoms with Crippen LogP contribution < -0.4 is 15.8 Å². The van der Waals surface area contributed by atoms with Gasteiger partial charge in [0.05, 0.1) is 18.2 Å². The van der Waals surface area contributed by atoms with E-state index in [1.165, 1.54) is 0 Å². The highest BCUT2D eigenvalue weighted by molar-refractivity contribution is 6.00. The van der Waals surface area contributed by atoms with Crippen molar-refractivity contribution in [2.24, 2.45) is 0 Å². The molecule has 0 atom stereocenters. The highest BCUT2D eigenvalue weighted by atomic mass is 16.5. The van der Waals surface area contributed by atoms with E-state index >= 15 is 0 Å². The number of oxazole rings is 1. The van der Waals surface area contributed by atoms with E-state index in [2.05, 4.69) is 15.3 Å². The topological polar surface area (TPSA) is 117 Å². The minimum Gasteiger partial charge on any atom is -0.481 e. The number of carbonyl (C=O) groups excluding carboxylic acids is 1. The summed E-state index contributed by atoms with van der Waals surface area (Å²) in [4.78, 5) is 30.3. The van der Waals surface area contributed by atoms with Crippen LogP contribution in [0.15, 0.2) is 57.4 Å². The number of allylic oxidation sites excluding steroid dienone is 1. The zero-order valence-corrected chi connectivity index (χ0v) is 15.9. The number of anilines is 1. The fourth-order valence-electron chi connectivity index (χ4n) is 3.58. The fourth-order valence-corrected chi connectivity index (χ4v) is 3.58. The minimum atomic E-state index is -0.954. The molecule has 0 saturated heterocycles. The Balaban J connectivity index is 1.40. The molecule has 1 aromatic carbocycles. The molecular formula is C21H21N3O5. The van der Waals surface area contributed by atoms with Crippen LogP contribution >= 0.6 is 0 Å². The Kier molecular flexibility index (Phi) is 4.94. The van der Waals surface area contributed by atoms with Crippen LogP contribution in [0.2, 0.25) is 0 Å². The fraction of sp³-hybridized carbons (Fsp3) is 0.286. The van der Waals surface area contributed by atoms with Crippen molar-refractivity contribution in [1.29, 1.82) is 0 Å². The van der Waals surface area contributed by atoms with Gasteiger partial charge in [-0.15, -0.1) is 0 Å². The number of aliphatic hydroxyl groups is 1. The summed E-state index contributed by atoms with van der Waals surface area (Å²) in [6.45, 7) is 0. The lowest BCUT2D eigenvalue weighted by atomic mass is 9.78. The number of ether oxygens (including phenoxy) is 1. The molecule has 1 aliphatic carbocycles. The van der Waals surface area contributed by atoms with E-state index in [4.69, 9.17) is 9.15 Å². The first-order valence-corrected chi connectivity index (χ1v) is 9.31. The Bertz CT molecular complexity index is 1120. The molecular weight excluding hydrogens is 374 g/mol. The van der Waals surface area contributed by atoms with Crippen molar-refractivity contribution in [1.82, 2.24) is 9.97 Å². The Morgan fingerprint density at radius 3 is 2.79 bits per heavy atom. The monoisotopic (exact) mass is 395 g/mol. The van der Waals surface area contributed by atoms with E-state index in [0.717, 1.165) is 11.1 Å². The average Bonchev–Trinajstić information content (AvgIpc) is 3.09. The number of hydrogen-bond donors (Lipinski definition) is 3. The number of H-pyrrole nitrogens is 1. The largest absolute Gasteiger partial charge is 0.481 e. The van der Waals surface area contributed by atoms with Gasteiger partial charge in [-0.25, -0.2) is 9.78 Å². The van der Waals surface area contributed by atoms with Crippen molar-refractivity contribution in [3.8, 4) is 5.88 Å². The van der Waals surface area contributed by atoms with E-state index in [1.807, 2.05) is 6.07 Å². The number of hydrogen-bond acceptors (Lipinski definition) is 6.